The predicted octanol–water partition coefficient (Wildman–Crippen LogP) is 3.31. The first-order valence-electron chi connectivity index (χ1n) is 9.09. The normalized spacial score (nSPS) is 23.9. The van der Waals surface area contributed by atoms with Crippen molar-refractivity contribution in [2.45, 2.75) is 31.5 Å². The largest absolute Gasteiger partial charge is 0.380 e. The molecule has 2 fully saturated rings. The monoisotopic (exact) mass is 322 g/mol. The summed E-state index contributed by atoms with van der Waals surface area (Å²) in [6.45, 7) is 5.02. The van der Waals surface area contributed by atoms with E-state index in [4.69, 9.17) is 4.74 Å². The zero-order valence-electron chi connectivity index (χ0n) is 14.2. The summed E-state index contributed by atoms with van der Waals surface area (Å²) in [7, 11) is 0. The van der Waals surface area contributed by atoms with Gasteiger partial charge in [0.25, 0.3) is 0 Å². The first-order chi connectivity index (χ1) is 11.9. The zero-order chi connectivity index (χ0) is 16.2. The molecule has 0 saturated carbocycles. The molecule has 2 saturated heterocycles. The van der Waals surface area contributed by atoms with Gasteiger partial charge in [0, 0.05) is 31.8 Å². The minimum absolute atomic E-state index is 0.554. The van der Waals surface area contributed by atoms with Gasteiger partial charge in [-0.15, -0.1) is 0 Å². The summed E-state index contributed by atoms with van der Waals surface area (Å²) in [6.07, 6.45) is 2.40. The number of rotatable bonds is 5. The molecule has 126 valence electrons. The average molecular weight is 322 g/mol. The van der Waals surface area contributed by atoms with Crippen LogP contribution in [0.2, 0.25) is 0 Å². The summed E-state index contributed by atoms with van der Waals surface area (Å²) < 4.78 is 5.69. The van der Waals surface area contributed by atoms with Crippen molar-refractivity contribution in [2.75, 3.05) is 26.3 Å². The van der Waals surface area contributed by atoms with Gasteiger partial charge in [0.1, 0.15) is 0 Å². The third-order valence-electron chi connectivity index (χ3n) is 5.33. The van der Waals surface area contributed by atoms with Crippen molar-refractivity contribution in [1.29, 1.82) is 0 Å². The van der Waals surface area contributed by atoms with Crippen LogP contribution in [0.3, 0.4) is 0 Å². The van der Waals surface area contributed by atoms with Crippen LogP contribution in [-0.4, -0.2) is 43.3 Å². The topological polar surface area (TPSA) is 24.5 Å². The second kappa shape index (κ2) is 7.47. The van der Waals surface area contributed by atoms with Crippen molar-refractivity contribution >= 4 is 0 Å². The third-order valence-corrected chi connectivity index (χ3v) is 5.33. The van der Waals surface area contributed by atoms with Crippen LogP contribution in [0, 0.1) is 0 Å². The maximum Gasteiger partial charge on any atom is 0.0622 e. The molecule has 2 atom stereocenters. The van der Waals surface area contributed by atoms with Gasteiger partial charge < -0.3 is 10.1 Å². The van der Waals surface area contributed by atoms with E-state index in [1.54, 1.807) is 0 Å². The van der Waals surface area contributed by atoms with Crippen LogP contribution in [0.15, 0.2) is 54.6 Å². The number of hydrogen-bond acceptors (Lipinski definition) is 3. The number of benzene rings is 2. The van der Waals surface area contributed by atoms with Gasteiger partial charge in [-0.05, 0) is 36.1 Å². The van der Waals surface area contributed by atoms with Crippen LogP contribution in [0.4, 0.5) is 0 Å². The lowest BCUT2D eigenvalue weighted by Crippen LogP contribution is -2.44. The van der Waals surface area contributed by atoms with Crippen molar-refractivity contribution < 1.29 is 4.74 Å². The van der Waals surface area contributed by atoms with Crippen LogP contribution in [0.25, 0.3) is 11.1 Å². The van der Waals surface area contributed by atoms with E-state index in [0.717, 1.165) is 39.3 Å². The van der Waals surface area contributed by atoms with Crippen molar-refractivity contribution in [2.24, 2.45) is 0 Å². The molecule has 0 aromatic heterocycles. The standard InChI is InChI=1S/C21H26N2O/c1-2-6-17(7-3-1)21-9-5-4-8-18(21)15-23(19-10-12-22-14-19)20-11-13-24-16-20/h1-9,19-20,22H,10-16H2/t19-,20-/m0/s1. The number of hydrogen-bond donors (Lipinski definition) is 1. The van der Waals surface area contributed by atoms with Crippen LogP contribution in [-0.2, 0) is 11.3 Å². The SMILES string of the molecule is c1ccc(-c2ccccc2CN([C@H]2CCNC2)[C@H]2CCOC2)cc1. The van der Waals surface area contributed by atoms with E-state index in [-0.39, 0.29) is 0 Å². The fourth-order valence-electron chi connectivity index (χ4n) is 4.02. The van der Waals surface area contributed by atoms with E-state index in [1.165, 1.54) is 23.1 Å². The Hall–Kier alpha value is -1.68. The molecule has 3 nitrogen and oxygen atoms in total. The fourth-order valence-corrected chi connectivity index (χ4v) is 4.02. The Balaban J connectivity index is 1.62. The number of nitrogens with one attached hydrogen (secondary N) is 1. The molecule has 0 amide bonds. The van der Waals surface area contributed by atoms with Crippen molar-refractivity contribution in [1.82, 2.24) is 10.2 Å². The molecule has 2 aromatic rings. The number of ether oxygens (including phenoxy) is 1. The molecule has 1 N–H and O–H groups in total. The highest BCUT2D eigenvalue weighted by molar-refractivity contribution is 5.67. The Kier molecular flexibility index (Phi) is 4.93. The first kappa shape index (κ1) is 15.8. The molecule has 2 aliphatic rings. The molecule has 2 heterocycles. The molecule has 0 spiro atoms. The molecule has 0 bridgehead atoms. The Labute approximate surface area is 144 Å². The molecule has 4 rings (SSSR count). The summed E-state index contributed by atoms with van der Waals surface area (Å²) in [5, 5.41) is 3.53. The second-order valence-electron chi connectivity index (χ2n) is 6.86. The van der Waals surface area contributed by atoms with E-state index in [9.17, 15) is 0 Å². The molecular formula is C21H26N2O. The van der Waals surface area contributed by atoms with Crippen LogP contribution < -0.4 is 5.32 Å². The van der Waals surface area contributed by atoms with Crippen LogP contribution >= 0.6 is 0 Å². The van der Waals surface area contributed by atoms with Gasteiger partial charge in [-0.1, -0.05) is 54.6 Å². The minimum Gasteiger partial charge on any atom is -0.380 e. The lowest BCUT2D eigenvalue weighted by Gasteiger charge is -2.34. The molecule has 0 aliphatic carbocycles. The summed E-state index contributed by atoms with van der Waals surface area (Å²) in [5.74, 6) is 0. The predicted molar refractivity (Wildman–Crippen MR) is 97.9 cm³/mol. The molecule has 2 aromatic carbocycles. The Morgan fingerprint density at radius 1 is 0.958 bits per heavy atom. The van der Waals surface area contributed by atoms with Gasteiger partial charge in [-0.3, -0.25) is 4.90 Å². The second-order valence-corrected chi connectivity index (χ2v) is 6.86. The van der Waals surface area contributed by atoms with Crippen LogP contribution in [0.1, 0.15) is 18.4 Å². The van der Waals surface area contributed by atoms with Gasteiger partial charge in [-0.2, -0.15) is 0 Å². The van der Waals surface area contributed by atoms with E-state index in [0.29, 0.717) is 12.1 Å². The Morgan fingerprint density at radius 3 is 2.54 bits per heavy atom. The maximum atomic E-state index is 5.69. The van der Waals surface area contributed by atoms with E-state index >= 15 is 0 Å². The van der Waals surface area contributed by atoms with Crippen molar-refractivity contribution in [3.8, 4) is 11.1 Å². The maximum absolute atomic E-state index is 5.69. The molecule has 0 radical (unpaired) electrons. The van der Waals surface area contributed by atoms with Crippen molar-refractivity contribution in [3.05, 3.63) is 60.2 Å². The minimum atomic E-state index is 0.554. The van der Waals surface area contributed by atoms with Gasteiger partial charge in [0.05, 0.1) is 6.61 Å². The van der Waals surface area contributed by atoms with Gasteiger partial charge in [0.15, 0.2) is 0 Å². The molecule has 3 heteroatoms. The summed E-state index contributed by atoms with van der Waals surface area (Å²) in [5.41, 5.74) is 4.08. The molecule has 0 unspecified atom stereocenters. The van der Waals surface area contributed by atoms with E-state index < -0.39 is 0 Å². The Morgan fingerprint density at radius 2 is 1.79 bits per heavy atom. The molecule has 2 aliphatic heterocycles. The molecule has 24 heavy (non-hydrogen) atoms. The third kappa shape index (κ3) is 3.39. The van der Waals surface area contributed by atoms with Gasteiger partial charge in [0.2, 0.25) is 0 Å². The summed E-state index contributed by atoms with van der Waals surface area (Å²) in [6, 6.07) is 20.8. The average Bonchev–Trinajstić information content (AvgIpc) is 3.35. The Bertz CT molecular complexity index is 630. The quantitative estimate of drug-likeness (QED) is 0.914. The van der Waals surface area contributed by atoms with Crippen molar-refractivity contribution in [3.63, 3.8) is 0 Å². The smallest absolute Gasteiger partial charge is 0.0622 e. The van der Waals surface area contributed by atoms with Gasteiger partial charge >= 0.3 is 0 Å². The summed E-state index contributed by atoms with van der Waals surface area (Å²) in [4.78, 5) is 2.69. The highest BCUT2D eigenvalue weighted by Gasteiger charge is 2.31. The van der Waals surface area contributed by atoms with E-state index in [2.05, 4.69) is 64.8 Å². The molecular weight excluding hydrogens is 296 g/mol. The lowest BCUT2D eigenvalue weighted by atomic mass is 9.98. The van der Waals surface area contributed by atoms with Gasteiger partial charge in [-0.25, -0.2) is 0 Å². The highest BCUT2D eigenvalue weighted by Crippen LogP contribution is 2.28. The van der Waals surface area contributed by atoms with Crippen LogP contribution in [0.5, 0.6) is 0 Å². The summed E-state index contributed by atoms with van der Waals surface area (Å²) >= 11 is 0. The zero-order valence-corrected chi connectivity index (χ0v) is 14.2. The number of nitrogens with zero attached hydrogens (tertiary/aromatic N) is 1. The fraction of sp³-hybridized carbons (Fsp3) is 0.429. The highest BCUT2D eigenvalue weighted by atomic mass is 16.5. The van der Waals surface area contributed by atoms with E-state index in [1.807, 2.05) is 0 Å². The first-order valence-corrected chi connectivity index (χ1v) is 9.09. The lowest BCUT2D eigenvalue weighted by molar-refractivity contribution is 0.108.